The second-order valence-corrected chi connectivity index (χ2v) is 3.92. The van der Waals surface area contributed by atoms with E-state index in [9.17, 15) is 0 Å². The number of aromatic nitrogens is 2. The molecule has 0 saturated heterocycles. The molecule has 0 radical (unpaired) electrons. The van der Waals surface area contributed by atoms with Gasteiger partial charge in [-0.2, -0.15) is 5.26 Å². The molecule has 5 nitrogen and oxygen atoms in total. The third-order valence-electron chi connectivity index (χ3n) is 2.23. The van der Waals surface area contributed by atoms with Crippen LogP contribution in [0.5, 0.6) is 11.5 Å². The zero-order chi connectivity index (χ0) is 12.4. The molecule has 17 heavy (non-hydrogen) atoms. The molecular weight excluding hydrogens is 286 g/mol. The van der Waals surface area contributed by atoms with Crippen molar-refractivity contribution in [2.24, 2.45) is 0 Å². The van der Waals surface area contributed by atoms with Crippen LogP contribution in [0, 0.1) is 11.3 Å². The average molecular weight is 294 g/mol. The Morgan fingerprint density at radius 1 is 1.12 bits per heavy atom. The van der Waals surface area contributed by atoms with Crippen LogP contribution >= 0.6 is 15.9 Å². The van der Waals surface area contributed by atoms with Crippen molar-refractivity contribution < 1.29 is 9.47 Å². The lowest BCUT2D eigenvalue weighted by Gasteiger charge is -2.08. The number of nitriles is 1. The van der Waals surface area contributed by atoms with Crippen LogP contribution in [0.25, 0.3) is 11.0 Å². The Morgan fingerprint density at radius 2 is 1.65 bits per heavy atom. The van der Waals surface area contributed by atoms with Crippen molar-refractivity contribution in [2.45, 2.75) is 0 Å². The lowest BCUT2D eigenvalue weighted by atomic mass is 10.2. The van der Waals surface area contributed by atoms with Crippen molar-refractivity contribution >= 4 is 27.0 Å². The van der Waals surface area contributed by atoms with Gasteiger partial charge in [-0.1, -0.05) is 0 Å². The van der Waals surface area contributed by atoms with Gasteiger partial charge in [-0.25, -0.2) is 9.97 Å². The molecule has 6 heteroatoms. The Kier molecular flexibility index (Phi) is 3.11. The van der Waals surface area contributed by atoms with Crippen LogP contribution in [0.2, 0.25) is 0 Å². The van der Waals surface area contributed by atoms with Gasteiger partial charge in [-0.3, -0.25) is 0 Å². The predicted molar refractivity (Wildman–Crippen MR) is 65.1 cm³/mol. The third kappa shape index (κ3) is 2.01. The van der Waals surface area contributed by atoms with Crippen LogP contribution in [0.4, 0.5) is 0 Å². The summed E-state index contributed by atoms with van der Waals surface area (Å²) in [4.78, 5) is 8.40. The summed E-state index contributed by atoms with van der Waals surface area (Å²) in [6.07, 6.45) is 0. The van der Waals surface area contributed by atoms with Gasteiger partial charge in [0.1, 0.15) is 10.7 Å². The van der Waals surface area contributed by atoms with Crippen molar-refractivity contribution in [3.63, 3.8) is 0 Å². The molecule has 1 aromatic carbocycles. The van der Waals surface area contributed by atoms with E-state index in [2.05, 4.69) is 25.9 Å². The minimum atomic E-state index is 0.240. The number of rotatable bonds is 2. The maximum absolute atomic E-state index is 8.87. The fourth-order valence-corrected chi connectivity index (χ4v) is 1.80. The Labute approximate surface area is 106 Å². The molecule has 0 unspecified atom stereocenters. The number of benzene rings is 1. The summed E-state index contributed by atoms with van der Waals surface area (Å²) in [6.45, 7) is 0. The molecule has 0 aliphatic carbocycles. The van der Waals surface area contributed by atoms with Crippen molar-refractivity contribution in [2.75, 3.05) is 14.2 Å². The number of fused-ring (bicyclic) bond motifs is 1. The molecule has 0 fully saturated rings. The number of hydrogen-bond acceptors (Lipinski definition) is 5. The molecular formula is C11H8BrN3O2. The Bertz CT molecular complexity index is 622. The van der Waals surface area contributed by atoms with Gasteiger partial charge in [-0.15, -0.1) is 0 Å². The lowest BCUT2D eigenvalue weighted by Crippen LogP contribution is -1.95. The minimum Gasteiger partial charge on any atom is -0.493 e. The first-order chi connectivity index (χ1) is 8.19. The third-order valence-corrected chi connectivity index (χ3v) is 2.79. The molecule has 0 bridgehead atoms. The average Bonchev–Trinajstić information content (AvgIpc) is 2.36. The van der Waals surface area contributed by atoms with E-state index in [1.54, 1.807) is 26.4 Å². The van der Waals surface area contributed by atoms with Crippen LogP contribution in [0.3, 0.4) is 0 Å². The van der Waals surface area contributed by atoms with Gasteiger partial charge in [0.2, 0.25) is 0 Å². The molecule has 86 valence electrons. The van der Waals surface area contributed by atoms with Gasteiger partial charge in [-0.05, 0) is 15.9 Å². The summed E-state index contributed by atoms with van der Waals surface area (Å²) < 4.78 is 10.7. The normalized spacial score (nSPS) is 10.0. The predicted octanol–water partition coefficient (Wildman–Crippen LogP) is 2.28. The van der Waals surface area contributed by atoms with Crippen molar-refractivity contribution in [1.82, 2.24) is 9.97 Å². The maximum atomic E-state index is 8.87. The first kappa shape index (κ1) is 11.6. The van der Waals surface area contributed by atoms with Crippen LogP contribution < -0.4 is 9.47 Å². The molecule has 1 heterocycles. The number of hydrogen-bond donors (Lipinski definition) is 0. The second-order valence-electron chi connectivity index (χ2n) is 3.17. The van der Waals surface area contributed by atoms with Crippen LogP contribution in [-0.4, -0.2) is 24.2 Å². The molecule has 0 saturated carbocycles. The molecule has 0 N–H and O–H groups in total. The quantitative estimate of drug-likeness (QED) is 0.850. The summed E-state index contributed by atoms with van der Waals surface area (Å²) in [5.41, 5.74) is 1.46. The highest BCUT2D eigenvalue weighted by atomic mass is 79.9. The molecule has 0 aliphatic rings. The lowest BCUT2D eigenvalue weighted by molar-refractivity contribution is 0.355. The SMILES string of the molecule is COc1cc2nc(Br)c(C#N)nc2cc1OC. The van der Waals surface area contributed by atoms with Crippen molar-refractivity contribution in [3.05, 3.63) is 22.4 Å². The summed E-state index contributed by atoms with van der Waals surface area (Å²) in [5, 5.41) is 8.87. The molecule has 2 rings (SSSR count). The molecule has 0 atom stereocenters. The second kappa shape index (κ2) is 4.55. The van der Waals surface area contributed by atoms with E-state index in [0.717, 1.165) is 0 Å². The number of halogens is 1. The van der Waals surface area contributed by atoms with Gasteiger partial charge in [0.25, 0.3) is 0 Å². The van der Waals surface area contributed by atoms with Crippen molar-refractivity contribution in [1.29, 1.82) is 5.26 Å². The summed E-state index contributed by atoms with van der Waals surface area (Å²) in [7, 11) is 3.09. The topological polar surface area (TPSA) is 68.0 Å². The Hall–Kier alpha value is -1.87. The highest BCUT2D eigenvalue weighted by Crippen LogP contribution is 2.31. The smallest absolute Gasteiger partial charge is 0.174 e. The zero-order valence-electron chi connectivity index (χ0n) is 9.19. The van der Waals surface area contributed by atoms with E-state index in [1.807, 2.05) is 6.07 Å². The standard InChI is InChI=1S/C11H8BrN3O2/c1-16-9-3-6-7(4-10(9)17-2)15-11(12)8(5-13)14-6/h3-4H,1-2H3. The first-order valence-corrected chi connectivity index (χ1v) is 5.48. The minimum absolute atomic E-state index is 0.240. The number of nitrogens with zero attached hydrogens (tertiary/aromatic N) is 3. The van der Waals surface area contributed by atoms with Crippen LogP contribution in [0.1, 0.15) is 5.69 Å². The summed E-state index contributed by atoms with van der Waals surface area (Å²) in [6, 6.07) is 5.37. The molecule has 0 amide bonds. The first-order valence-electron chi connectivity index (χ1n) is 4.69. The van der Waals surface area contributed by atoms with E-state index >= 15 is 0 Å². The van der Waals surface area contributed by atoms with E-state index < -0.39 is 0 Å². The van der Waals surface area contributed by atoms with Gasteiger partial charge in [0, 0.05) is 12.1 Å². The fourth-order valence-electron chi connectivity index (χ4n) is 1.43. The van der Waals surface area contributed by atoms with Gasteiger partial charge < -0.3 is 9.47 Å². The number of methoxy groups -OCH3 is 2. The largest absolute Gasteiger partial charge is 0.493 e. The van der Waals surface area contributed by atoms with E-state index in [-0.39, 0.29) is 5.69 Å². The van der Waals surface area contributed by atoms with Crippen molar-refractivity contribution in [3.8, 4) is 17.6 Å². The Balaban J connectivity index is 2.75. The van der Waals surface area contributed by atoms with E-state index in [4.69, 9.17) is 14.7 Å². The monoisotopic (exact) mass is 293 g/mol. The van der Waals surface area contributed by atoms with E-state index in [0.29, 0.717) is 27.1 Å². The van der Waals surface area contributed by atoms with Crippen LogP contribution in [-0.2, 0) is 0 Å². The van der Waals surface area contributed by atoms with Gasteiger partial charge in [0.15, 0.2) is 17.2 Å². The highest BCUT2D eigenvalue weighted by Gasteiger charge is 2.11. The molecule has 0 aliphatic heterocycles. The van der Waals surface area contributed by atoms with Gasteiger partial charge in [0.05, 0.1) is 25.3 Å². The van der Waals surface area contributed by atoms with Crippen LogP contribution in [0.15, 0.2) is 16.7 Å². The Morgan fingerprint density at radius 3 is 2.12 bits per heavy atom. The summed E-state index contributed by atoms with van der Waals surface area (Å²) >= 11 is 3.19. The molecule has 1 aromatic heterocycles. The highest BCUT2D eigenvalue weighted by molar-refractivity contribution is 9.10. The number of ether oxygens (including phenoxy) is 2. The fraction of sp³-hybridized carbons (Fsp3) is 0.182. The van der Waals surface area contributed by atoms with E-state index in [1.165, 1.54) is 0 Å². The summed E-state index contributed by atoms with van der Waals surface area (Å²) in [5.74, 6) is 1.13. The molecule has 0 spiro atoms. The molecule has 2 aromatic rings. The maximum Gasteiger partial charge on any atom is 0.174 e. The zero-order valence-corrected chi connectivity index (χ0v) is 10.8. The van der Waals surface area contributed by atoms with Gasteiger partial charge >= 0.3 is 0 Å².